The summed E-state index contributed by atoms with van der Waals surface area (Å²) < 4.78 is 1.77. The zero-order valence-electron chi connectivity index (χ0n) is 12.9. The van der Waals surface area contributed by atoms with Gasteiger partial charge in [-0.15, -0.1) is 0 Å². The van der Waals surface area contributed by atoms with Gasteiger partial charge < -0.3 is 5.32 Å². The predicted molar refractivity (Wildman–Crippen MR) is 80.5 cm³/mol. The Morgan fingerprint density at radius 1 is 1.25 bits per heavy atom. The molecule has 1 atom stereocenters. The lowest BCUT2D eigenvalue weighted by Crippen LogP contribution is -2.19. The van der Waals surface area contributed by atoms with Crippen LogP contribution in [-0.4, -0.2) is 33.3 Å². The number of hydrogen-bond acceptors (Lipinski definition) is 4. The standard InChI is InChI=1S/C15H23N5/c1-10(9-16-4)8-13-11(2)17-15(18-12(13)3)14-6-7-20(5)19-14/h6-7,10,16H,8-9H2,1-5H3. The van der Waals surface area contributed by atoms with Crippen molar-refractivity contribution < 1.29 is 0 Å². The second-order valence-corrected chi connectivity index (χ2v) is 5.44. The summed E-state index contributed by atoms with van der Waals surface area (Å²) in [6.45, 7) is 7.36. The lowest BCUT2D eigenvalue weighted by Gasteiger charge is -2.14. The number of nitrogens with one attached hydrogen (secondary N) is 1. The Kier molecular flexibility index (Phi) is 4.49. The quantitative estimate of drug-likeness (QED) is 0.904. The maximum Gasteiger partial charge on any atom is 0.180 e. The van der Waals surface area contributed by atoms with Crippen molar-refractivity contribution in [1.82, 2.24) is 25.1 Å². The molecule has 1 unspecified atom stereocenters. The molecule has 1 N–H and O–H groups in total. The highest BCUT2D eigenvalue weighted by Crippen LogP contribution is 2.19. The second-order valence-electron chi connectivity index (χ2n) is 5.44. The first-order chi connectivity index (χ1) is 9.51. The molecule has 2 aromatic rings. The van der Waals surface area contributed by atoms with Crippen LogP contribution in [0.2, 0.25) is 0 Å². The Bertz CT molecular complexity index is 565. The van der Waals surface area contributed by atoms with Crippen molar-refractivity contribution in [2.75, 3.05) is 13.6 Å². The molecule has 5 nitrogen and oxygen atoms in total. The fourth-order valence-electron chi connectivity index (χ4n) is 2.45. The number of aromatic nitrogens is 4. The van der Waals surface area contributed by atoms with E-state index in [4.69, 9.17) is 0 Å². The Labute approximate surface area is 120 Å². The summed E-state index contributed by atoms with van der Waals surface area (Å²) in [6, 6.07) is 1.94. The minimum atomic E-state index is 0.571. The number of nitrogens with zero attached hydrogens (tertiary/aromatic N) is 4. The molecule has 0 saturated heterocycles. The van der Waals surface area contributed by atoms with Crippen LogP contribution in [0.4, 0.5) is 0 Å². The number of hydrogen-bond donors (Lipinski definition) is 1. The number of aryl methyl sites for hydroxylation is 3. The maximum absolute atomic E-state index is 4.62. The van der Waals surface area contributed by atoms with Crippen molar-refractivity contribution in [3.05, 3.63) is 29.2 Å². The number of rotatable bonds is 5. The molecular weight excluding hydrogens is 250 g/mol. The Hall–Kier alpha value is -1.75. The lowest BCUT2D eigenvalue weighted by atomic mass is 9.98. The molecule has 0 aromatic carbocycles. The van der Waals surface area contributed by atoms with Gasteiger partial charge in [-0.2, -0.15) is 5.10 Å². The molecule has 2 rings (SSSR count). The van der Waals surface area contributed by atoms with Gasteiger partial charge in [-0.25, -0.2) is 9.97 Å². The van der Waals surface area contributed by atoms with Crippen molar-refractivity contribution in [2.24, 2.45) is 13.0 Å². The molecule has 5 heteroatoms. The molecule has 0 bridgehead atoms. The van der Waals surface area contributed by atoms with E-state index in [0.717, 1.165) is 30.0 Å². The third-order valence-electron chi connectivity index (χ3n) is 3.47. The molecule has 0 amide bonds. The SMILES string of the molecule is CNCC(C)Cc1c(C)nc(-c2ccn(C)n2)nc1C. The van der Waals surface area contributed by atoms with Crippen molar-refractivity contribution in [3.63, 3.8) is 0 Å². The summed E-state index contributed by atoms with van der Waals surface area (Å²) in [5.74, 6) is 1.28. The van der Waals surface area contributed by atoms with Crippen LogP contribution in [0.25, 0.3) is 11.5 Å². The molecule has 2 heterocycles. The summed E-state index contributed by atoms with van der Waals surface area (Å²) in [5.41, 5.74) is 4.20. The van der Waals surface area contributed by atoms with Gasteiger partial charge in [0.1, 0.15) is 5.69 Å². The average Bonchev–Trinajstić information content (AvgIpc) is 2.80. The first-order valence-electron chi connectivity index (χ1n) is 7.00. The third-order valence-corrected chi connectivity index (χ3v) is 3.47. The van der Waals surface area contributed by atoms with Crippen molar-refractivity contribution in [1.29, 1.82) is 0 Å². The van der Waals surface area contributed by atoms with Crippen molar-refractivity contribution in [2.45, 2.75) is 27.2 Å². The fourth-order valence-corrected chi connectivity index (χ4v) is 2.45. The van der Waals surface area contributed by atoms with Gasteiger partial charge in [-0.1, -0.05) is 6.92 Å². The van der Waals surface area contributed by atoms with E-state index in [1.165, 1.54) is 5.56 Å². The van der Waals surface area contributed by atoms with Crippen LogP contribution in [0, 0.1) is 19.8 Å². The molecule has 20 heavy (non-hydrogen) atoms. The van der Waals surface area contributed by atoms with E-state index in [-0.39, 0.29) is 0 Å². The van der Waals surface area contributed by atoms with Crippen LogP contribution in [0.3, 0.4) is 0 Å². The van der Waals surface area contributed by atoms with Gasteiger partial charge in [0.05, 0.1) is 0 Å². The van der Waals surface area contributed by atoms with Crippen molar-refractivity contribution >= 4 is 0 Å². The molecule has 0 aliphatic heterocycles. The lowest BCUT2D eigenvalue weighted by molar-refractivity contribution is 0.537. The van der Waals surface area contributed by atoms with E-state index >= 15 is 0 Å². The largest absolute Gasteiger partial charge is 0.319 e. The summed E-state index contributed by atoms with van der Waals surface area (Å²) in [7, 11) is 3.88. The maximum atomic E-state index is 4.62. The highest BCUT2D eigenvalue weighted by atomic mass is 15.3. The van der Waals surface area contributed by atoms with Gasteiger partial charge >= 0.3 is 0 Å². The summed E-state index contributed by atoms with van der Waals surface area (Å²) in [5, 5.41) is 7.58. The topological polar surface area (TPSA) is 55.6 Å². The summed E-state index contributed by atoms with van der Waals surface area (Å²) in [6.07, 6.45) is 2.91. The monoisotopic (exact) mass is 273 g/mol. The van der Waals surface area contributed by atoms with E-state index in [1.807, 2.05) is 26.4 Å². The molecule has 0 aliphatic carbocycles. The molecule has 0 spiro atoms. The zero-order valence-corrected chi connectivity index (χ0v) is 12.9. The smallest absolute Gasteiger partial charge is 0.180 e. The normalized spacial score (nSPS) is 12.7. The molecule has 108 valence electrons. The molecule has 2 aromatic heterocycles. The van der Waals surface area contributed by atoms with Gasteiger partial charge in [0.25, 0.3) is 0 Å². The third kappa shape index (κ3) is 3.22. The first-order valence-corrected chi connectivity index (χ1v) is 7.00. The Morgan fingerprint density at radius 3 is 2.40 bits per heavy atom. The highest BCUT2D eigenvalue weighted by molar-refractivity contribution is 5.49. The van der Waals surface area contributed by atoms with Gasteiger partial charge in [0.15, 0.2) is 5.82 Å². The van der Waals surface area contributed by atoms with E-state index in [2.05, 4.69) is 41.2 Å². The zero-order chi connectivity index (χ0) is 14.7. The Morgan fingerprint density at radius 2 is 1.90 bits per heavy atom. The van der Waals surface area contributed by atoms with Crippen LogP contribution in [-0.2, 0) is 13.5 Å². The van der Waals surface area contributed by atoms with E-state index in [0.29, 0.717) is 11.7 Å². The minimum Gasteiger partial charge on any atom is -0.319 e. The molecule has 0 aliphatic rings. The van der Waals surface area contributed by atoms with Crippen LogP contribution in [0.15, 0.2) is 12.3 Å². The molecule has 0 fully saturated rings. The van der Waals surface area contributed by atoms with Crippen LogP contribution in [0.1, 0.15) is 23.9 Å². The van der Waals surface area contributed by atoms with Gasteiger partial charge in [0.2, 0.25) is 0 Å². The van der Waals surface area contributed by atoms with E-state index in [1.54, 1.807) is 4.68 Å². The van der Waals surface area contributed by atoms with Crippen LogP contribution in [0.5, 0.6) is 0 Å². The van der Waals surface area contributed by atoms with Gasteiger partial charge in [-0.05, 0) is 51.4 Å². The first kappa shape index (κ1) is 14.7. The van der Waals surface area contributed by atoms with Crippen LogP contribution >= 0.6 is 0 Å². The predicted octanol–water partition coefficient (Wildman–Crippen LogP) is 1.89. The van der Waals surface area contributed by atoms with Crippen molar-refractivity contribution in [3.8, 4) is 11.5 Å². The highest BCUT2D eigenvalue weighted by Gasteiger charge is 2.13. The molecular formula is C15H23N5. The van der Waals surface area contributed by atoms with E-state index in [9.17, 15) is 0 Å². The molecule has 0 radical (unpaired) electrons. The van der Waals surface area contributed by atoms with Gasteiger partial charge in [-0.3, -0.25) is 4.68 Å². The van der Waals surface area contributed by atoms with E-state index < -0.39 is 0 Å². The molecule has 0 saturated carbocycles. The summed E-state index contributed by atoms with van der Waals surface area (Å²) in [4.78, 5) is 9.25. The second kappa shape index (κ2) is 6.13. The Balaban J connectivity index is 2.29. The average molecular weight is 273 g/mol. The minimum absolute atomic E-state index is 0.571. The summed E-state index contributed by atoms with van der Waals surface area (Å²) >= 11 is 0. The van der Waals surface area contributed by atoms with Gasteiger partial charge in [0, 0.05) is 24.6 Å². The fraction of sp³-hybridized carbons (Fsp3) is 0.533. The van der Waals surface area contributed by atoms with Crippen LogP contribution < -0.4 is 5.32 Å².